The molecule has 0 spiro atoms. The number of carbonyl (C=O) groups is 2. The van der Waals surface area contributed by atoms with Crippen molar-refractivity contribution in [3.05, 3.63) is 125 Å². The molecule has 0 saturated heterocycles. The minimum Gasteiger partial charge on any atom is -0.348 e. The van der Waals surface area contributed by atoms with Crippen molar-refractivity contribution in [2.24, 2.45) is 0 Å². The van der Waals surface area contributed by atoms with Crippen LogP contribution in [0.3, 0.4) is 0 Å². The van der Waals surface area contributed by atoms with E-state index < -0.39 is 22.5 Å². The minimum atomic E-state index is -4.11. The molecule has 194 valence electrons. The number of hydrogen-bond donors (Lipinski definition) is 2. The highest BCUT2D eigenvalue weighted by molar-refractivity contribution is 7.92. The number of carbonyl (C=O) groups excluding carboxylic acids is 2. The predicted molar refractivity (Wildman–Crippen MR) is 150 cm³/mol. The molecule has 0 aliphatic rings. The van der Waals surface area contributed by atoms with Gasteiger partial charge in [0.15, 0.2) is 0 Å². The van der Waals surface area contributed by atoms with E-state index in [0.29, 0.717) is 22.8 Å². The number of halogens is 1. The summed E-state index contributed by atoms with van der Waals surface area (Å²) in [5.41, 5.74) is 2.52. The summed E-state index contributed by atoms with van der Waals surface area (Å²) in [6.45, 7) is 1.59. The van der Waals surface area contributed by atoms with Crippen molar-refractivity contribution in [3.8, 4) is 0 Å². The van der Waals surface area contributed by atoms with Gasteiger partial charge in [-0.15, -0.1) is 0 Å². The van der Waals surface area contributed by atoms with Crippen LogP contribution in [0.4, 0.5) is 11.4 Å². The third kappa shape index (κ3) is 6.40. The van der Waals surface area contributed by atoms with E-state index >= 15 is 0 Å². The van der Waals surface area contributed by atoms with E-state index in [-0.39, 0.29) is 22.1 Å². The number of sulfonamides is 1. The Morgan fingerprint density at radius 2 is 1.45 bits per heavy atom. The second-order valence-electron chi connectivity index (χ2n) is 8.51. The van der Waals surface area contributed by atoms with Gasteiger partial charge in [0.25, 0.3) is 15.9 Å². The smallest absolute Gasteiger partial charge is 0.264 e. The molecule has 4 rings (SSSR count). The number of nitrogens with zero attached hydrogens (tertiary/aromatic N) is 1. The number of hydrogen-bond acceptors (Lipinski definition) is 4. The maximum Gasteiger partial charge on any atom is 0.264 e. The predicted octanol–water partition coefficient (Wildman–Crippen LogP) is 5.41. The number of anilines is 2. The lowest BCUT2D eigenvalue weighted by Gasteiger charge is -2.25. The van der Waals surface area contributed by atoms with Gasteiger partial charge in [0, 0.05) is 11.6 Å². The molecule has 0 aliphatic carbocycles. The van der Waals surface area contributed by atoms with E-state index in [1.54, 1.807) is 55.5 Å². The lowest BCUT2D eigenvalue weighted by atomic mass is 10.1. The zero-order valence-corrected chi connectivity index (χ0v) is 22.2. The van der Waals surface area contributed by atoms with Gasteiger partial charge in [-0.3, -0.25) is 13.9 Å². The number of benzene rings is 4. The number of amides is 2. The Hall–Kier alpha value is -4.14. The summed E-state index contributed by atoms with van der Waals surface area (Å²) in [5.74, 6) is -0.969. The van der Waals surface area contributed by atoms with Crippen LogP contribution in [0.2, 0.25) is 5.02 Å². The minimum absolute atomic E-state index is 0.00126. The molecule has 0 heterocycles. The normalized spacial score (nSPS) is 11.0. The third-order valence-electron chi connectivity index (χ3n) is 5.81. The topological polar surface area (TPSA) is 95.6 Å². The van der Waals surface area contributed by atoms with Gasteiger partial charge in [0.1, 0.15) is 6.54 Å². The van der Waals surface area contributed by atoms with Gasteiger partial charge in [0.2, 0.25) is 5.91 Å². The molecule has 9 heteroatoms. The van der Waals surface area contributed by atoms with Crippen molar-refractivity contribution in [1.29, 1.82) is 0 Å². The standard InChI is InChI=1S/C29H26ClN3O4S/c1-21-9-5-8-14-27(21)33(38(36,37)24-17-15-23(30)16-18-24)20-28(34)32-26-13-7-6-12-25(26)29(35)31-19-22-10-3-2-4-11-22/h2-18H,19-20H2,1H3,(H,31,35)(H,32,34). The van der Waals surface area contributed by atoms with Crippen molar-refractivity contribution in [2.75, 3.05) is 16.2 Å². The fourth-order valence-electron chi connectivity index (χ4n) is 3.86. The molecule has 0 saturated carbocycles. The fourth-order valence-corrected chi connectivity index (χ4v) is 5.47. The van der Waals surface area contributed by atoms with Crippen LogP contribution in [0, 0.1) is 6.92 Å². The average Bonchev–Trinajstić information content (AvgIpc) is 2.92. The highest BCUT2D eigenvalue weighted by atomic mass is 35.5. The van der Waals surface area contributed by atoms with Gasteiger partial charge in [-0.1, -0.05) is 72.3 Å². The van der Waals surface area contributed by atoms with Crippen molar-refractivity contribution in [2.45, 2.75) is 18.4 Å². The van der Waals surface area contributed by atoms with E-state index in [4.69, 9.17) is 11.6 Å². The van der Waals surface area contributed by atoms with E-state index in [2.05, 4.69) is 10.6 Å². The molecule has 4 aromatic carbocycles. The maximum absolute atomic E-state index is 13.6. The summed E-state index contributed by atoms with van der Waals surface area (Å²) < 4.78 is 28.3. The van der Waals surface area contributed by atoms with Crippen LogP contribution in [0.15, 0.2) is 108 Å². The van der Waals surface area contributed by atoms with Crippen molar-refractivity contribution in [1.82, 2.24) is 5.32 Å². The van der Waals surface area contributed by atoms with E-state index in [1.807, 2.05) is 30.3 Å². The van der Waals surface area contributed by atoms with E-state index in [1.165, 1.54) is 24.3 Å². The molecule has 2 N–H and O–H groups in total. The highest BCUT2D eigenvalue weighted by Gasteiger charge is 2.28. The quantitative estimate of drug-likeness (QED) is 0.293. The van der Waals surface area contributed by atoms with Crippen LogP contribution >= 0.6 is 11.6 Å². The molecule has 0 unspecified atom stereocenters. The monoisotopic (exact) mass is 547 g/mol. The second-order valence-corrected chi connectivity index (χ2v) is 10.8. The van der Waals surface area contributed by atoms with Crippen LogP contribution in [0.25, 0.3) is 0 Å². The number of rotatable bonds is 9. The summed E-state index contributed by atoms with van der Waals surface area (Å²) in [6.07, 6.45) is 0. The highest BCUT2D eigenvalue weighted by Crippen LogP contribution is 2.27. The summed E-state index contributed by atoms with van der Waals surface area (Å²) >= 11 is 5.95. The summed E-state index contributed by atoms with van der Waals surface area (Å²) in [6, 6.07) is 28.7. The first-order valence-electron chi connectivity index (χ1n) is 11.8. The Bertz CT molecular complexity index is 1540. The van der Waals surface area contributed by atoms with Gasteiger partial charge < -0.3 is 10.6 Å². The molecule has 0 radical (unpaired) electrons. The molecular formula is C29H26ClN3O4S. The zero-order valence-electron chi connectivity index (χ0n) is 20.6. The Morgan fingerprint density at radius 3 is 2.16 bits per heavy atom. The largest absolute Gasteiger partial charge is 0.348 e. The van der Waals surface area contributed by atoms with Crippen molar-refractivity contribution in [3.63, 3.8) is 0 Å². The van der Waals surface area contributed by atoms with Crippen molar-refractivity contribution >= 4 is 44.8 Å². The van der Waals surface area contributed by atoms with Gasteiger partial charge in [-0.2, -0.15) is 0 Å². The molecule has 7 nitrogen and oxygen atoms in total. The second kappa shape index (κ2) is 11.9. The van der Waals surface area contributed by atoms with E-state index in [9.17, 15) is 18.0 Å². The maximum atomic E-state index is 13.6. The number of para-hydroxylation sites is 2. The Labute approximate surface area is 227 Å². The molecule has 0 fully saturated rings. The molecule has 0 bridgehead atoms. The molecule has 4 aromatic rings. The molecule has 38 heavy (non-hydrogen) atoms. The van der Waals surface area contributed by atoms with Crippen LogP contribution < -0.4 is 14.9 Å². The van der Waals surface area contributed by atoms with Crippen LogP contribution in [-0.4, -0.2) is 26.8 Å². The third-order valence-corrected chi connectivity index (χ3v) is 7.84. The fraction of sp³-hybridized carbons (Fsp3) is 0.103. The van der Waals surface area contributed by atoms with Gasteiger partial charge >= 0.3 is 0 Å². The molecular weight excluding hydrogens is 522 g/mol. The summed E-state index contributed by atoms with van der Waals surface area (Å²) in [7, 11) is -4.11. The lowest BCUT2D eigenvalue weighted by Crippen LogP contribution is -2.38. The Balaban J connectivity index is 1.57. The van der Waals surface area contributed by atoms with Crippen LogP contribution in [-0.2, 0) is 21.4 Å². The van der Waals surface area contributed by atoms with Crippen LogP contribution in [0.1, 0.15) is 21.5 Å². The molecule has 0 atom stereocenters. The SMILES string of the molecule is Cc1ccccc1N(CC(=O)Nc1ccccc1C(=O)NCc1ccccc1)S(=O)(=O)c1ccc(Cl)cc1. The summed E-state index contributed by atoms with van der Waals surface area (Å²) in [5, 5.41) is 5.96. The molecule has 2 amide bonds. The first kappa shape index (κ1) is 26.9. The number of nitrogens with one attached hydrogen (secondary N) is 2. The molecule has 0 aliphatic heterocycles. The van der Waals surface area contributed by atoms with Crippen LogP contribution in [0.5, 0.6) is 0 Å². The molecule has 0 aromatic heterocycles. The van der Waals surface area contributed by atoms with Crippen molar-refractivity contribution < 1.29 is 18.0 Å². The van der Waals surface area contributed by atoms with Gasteiger partial charge in [0.05, 0.1) is 21.8 Å². The first-order valence-corrected chi connectivity index (χ1v) is 13.6. The Kier molecular flexibility index (Phi) is 8.45. The van der Waals surface area contributed by atoms with E-state index in [0.717, 1.165) is 9.87 Å². The first-order chi connectivity index (χ1) is 18.3. The average molecular weight is 548 g/mol. The lowest BCUT2D eigenvalue weighted by molar-refractivity contribution is -0.114. The Morgan fingerprint density at radius 1 is 0.816 bits per heavy atom. The van der Waals surface area contributed by atoms with Gasteiger partial charge in [-0.05, 0) is 60.5 Å². The van der Waals surface area contributed by atoms with Gasteiger partial charge in [-0.25, -0.2) is 8.42 Å². The number of aryl methyl sites for hydroxylation is 1. The summed E-state index contributed by atoms with van der Waals surface area (Å²) in [4.78, 5) is 26.1. The zero-order chi connectivity index (χ0) is 27.1.